The molecule has 3 aromatic rings. The molecule has 3 fully saturated rings. The minimum absolute atomic E-state index is 0.0392. The minimum atomic E-state index is -1.23. The number of amides is 3. The van der Waals surface area contributed by atoms with E-state index in [1.54, 1.807) is 31.5 Å². The highest BCUT2D eigenvalue weighted by Crippen LogP contribution is 2.65. The molecule has 3 aliphatic heterocycles. The first-order valence-corrected chi connectivity index (χ1v) is 17.1. The highest BCUT2D eigenvalue weighted by molar-refractivity contribution is 6.03. The maximum atomic E-state index is 14.9. The molecule has 2 bridgehead atoms. The Balaban J connectivity index is 1.39. The molecule has 0 aliphatic carbocycles. The fourth-order valence-electron chi connectivity index (χ4n) is 8.27. The van der Waals surface area contributed by atoms with Crippen LogP contribution >= 0.6 is 0 Å². The lowest BCUT2D eigenvalue weighted by Gasteiger charge is -2.39. The van der Waals surface area contributed by atoms with E-state index in [4.69, 9.17) is 9.47 Å². The van der Waals surface area contributed by atoms with Gasteiger partial charge in [0.25, 0.3) is 0 Å². The van der Waals surface area contributed by atoms with E-state index in [0.717, 1.165) is 5.52 Å². The normalized spacial score (nSPS) is 26.9. The van der Waals surface area contributed by atoms with Crippen LogP contribution in [0.3, 0.4) is 0 Å². The van der Waals surface area contributed by atoms with Gasteiger partial charge < -0.3 is 29.3 Å². The van der Waals surface area contributed by atoms with Crippen LogP contribution in [-0.4, -0.2) is 97.7 Å². The van der Waals surface area contributed by atoms with Gasteiger partial charge in [-0.15, -0.1) is 18.3 Å². The summed E-state index contributed by atoms with van der Waals surface area (Å²) in [6.07, 6.45) is 4.70. The van der Waals surface area contributed by atoms with Crippen LogP contribution < -0.4 is 9.64 Å². The molecule has 260 valence electrons. The van der Waals surface area contributed by atoms with Crippen molar-refractivity contribution < 1.29 is 29.0 Å². The van der Waals surface area contributed by atoms with Gasteiger partial charge in [0.1, 0.15) is 29.6 Å². The number of aliphatic hydroxyl groups is 1. The molecular formula is C37H46N6O6. The molecule has 12 nitrogen and oxygen atoms in total. The average Bonchev–Trinajstić information content (AvgIpc) is 3.77. The number of carbonyl (C=O) groups is 3. The van der Waals surface area contributed by atoms with Gasteiger partial charge in [-0.05, 0) is 75.4 Å². The molecule has 3 saturated heterocycles. The third-order valence-electron chi connectivity index (χ3n) is 10.5. The molecule has 0 radical (unpaired) electrons. The van der Waals surface area contributed by atoms with Gasteiger partial charge >= 0.3 is 0 Å². The van der Waals surface area contributed by atoms with Crippen LogP contribution in [0.4, 0.5) is 5.69 Å². The SMILES string of the molecule is C=CCN(Cn1nnc2ccccc21)C(=O)C1N(CCCCO)C(=O)[C@@H]2[C@@H](C(=O)N(CC=C)c3ccc(OCC)cc3)[C@]3(C)OC12CC3C. The maximum absolute atomic E-state index is 14.9. The van der Waals surface area contributed by atoms with Gasteiger partial charge in [0.05, 0.1) is 29.6 Å². The number of anilines is 1. The number of aromatic nitrogens is 3. The van der Waals surface area contributed by atoms with Gasteiger partial charge in [0, 0.05) is 31.9 Å². The predicted molar refractivity (Wildman–Crippen MR) is 184 cm³/mol. The molecule has 4 heterocycles. The van der Waals surface area contributed by atoms with Crippen molar-refractivity contribution in [3.05, 3.63) is 73.8 Å². The van der Waals surface area contributed by atoms with Crippen LogP contribution in [0.5, 0.6) is 5.75 Å². The number of benzene rings is 2. The summed E-state index contributed by atoms with van der Waals surface area (Å²) in [6.45, 7) is 14.9. The number of unbranched alkanes of at least 4 members (excludes halogenated alkanes) is 1. The monoisotopic (exact) mass is 670 g/mol. The number of carbonyl (C=O) groups excluding carboxylic acids is 3. The van der Waals surface area contributed by atoms with Crippen LogP contribution in [0.25, 0.3) is 11.0 Å². The standard InChI is InChI=1S/C37H46N6O6/c1-6-19-40(24-43-29-14-10-9-13-28(29)38-39-43)35(47)32-37-23-25(4)36(5,49-37)30(31(37)34(46)42(32)21-11-12-22-44)33(45)41(20-7-2)26-15-17-27(18-16-26)48-8-3/h6-7,9-10,13-18,25,30-32,44H,1-2,8,11-12,19-24H2,3-5H3/t25?,30-,31-,32?,36+,37?/m0/s1. The number of ether oxygens (including phenoxy) is 2. The van der Waals surface area contributed by atoms with Gasteiger partial charge in [-0.3, -0.25) is 14.4 Å². The van der Waals surface area contributed by atoms with Crippen LogP contribution in [0.2, 0.25) is 0 Å². The third-order valence-corrected chi connectivity index (χ3v) is 10.5. The van der Waals surface area contributed by atoms with E-state index >= 15 is 0 Å². The Morgan fingerprint density at radius 3 is 2.53 bits per heavy atom. The average molecular weight is 671 g/mol. The van der Waals surface area contributed by atoms with E-state index in [1.807, 2.05) is 69.3 Å². The second-order valence-corrected chi connectivity index (χ2v) is 13.4. The zero-order valence-electron chi connectivity index (χ0n) is 28.5. The molecule has 1 N–H and O–H groups in total. The zero-order valence-corrected chi connectivity index (χ0v) is 28.5. The summed E-state index contributed by atoms with van der Waals surface area (Å²) in [5.74, 6) is -2.00. The van der Waals surface area contributed by atoms with E-state index in [0.29, 0.717) is 42.8 Å². The van der Waals surface area contributed by atoms with Crippen molar-refractivity contribution in [1.29, 1.82) is 0 Å². The van der Waals surface area contributed by atoms with Gasteiger partial charge in [-0.25, -0.2) is 4.68 Å². The number of fused-ring (bicyclic) bond motifs is 2. The first kappa shape index (κ1) is 34.3. The van der Waals surface area contributed by atoms with Crippen LogP contribution in [0.15, 0.2) is 73.8 Å². The van der Waals surface area contributed by atoms with Crippen molar-refractivity contribution in [3.63, 3.8) is 0 Å². The molecule has 3 aliphatic rings. The first-order valence-electron chi connectivity index (χ1n) is 17.1. The lowest BCUT2D eigenvalue weighted by Crippen LogP contribution is -2.57. The maximum Gasteiger partial charge on any atom is 0.250 e. The van der Waals surface area contributed by atoms with E-state index in [1.165, 1.54) is 0 Å². The van der Waals surface area contributed by atoms with Crippen molar-refractivity contribution in [2.24, 2.45) is 17.8 Å². The van der Waals surface area contributed by atoms with Gasteiger partial charge in [-0.1, -0.05) is 36.4 Å². The summed E-state index contributed by atoms with van der Waals surface area (Å²) in [5, 5.41) is 18.1. The Hall–Kier alpha value is -4.55. The number of para-hydroxylation sites is 1. The Morgan fingerprint density at radius 2 is 1.84 bits per heavy atom. The van der Waals surface area contributed by atoms with E-state index in [-0.39, 0.29) is 56.5 Å². The summed E-state index contributed by atoms with van der Waals surface area (Å²) in [7, 11) is 0. The largest absolute Gasteiger partial charge is 0.494 e. The Kier molecular flexibility index (Phi) is 9.63. The quantitative estimate of drug-likeness (QED) is 0.191. The van der Waals surface area contributed by atoms with Crippen molar-refractivity contribution in [1.82, 2.24) is 24.8 Å². The second kappa shape index (κ2) is 13.8. The molecule has 12 heteroatoms. The number of likely N-dealkylation sites (tertiary alicyclic amines) is 1. The van der Waals surface area contributed by atoms with Crippen molar-refractivity contribution >= 4 is 34.4 Å². The lowest BCUT2D eigenvalue weighted by molar-refractivity contribution is -0.153. The molecule has 2 aromatic carbocycles. The van der Waals surface area contributed by atoms with Crippen molar-refractivity contribution in [2.75, 3.05) is 37.7 Å². The molecule has 49 heavy (non-hydrogen) atoms. The van der Waals surface area contributed by atoms with E-state index in [2.05, 4.69) is 23.5 Å². The van der Waals surface area contributed by atoms with Crippen LogP contribution in [0.1, 0.15) is 40.0 Å². The molecule has 3 amide bonds. The van der Waals surface area contributed by atoms with Crippen molar-refractivity contribution in [2.45, 2.75) is 63.9 Å². The lowest BCUT2D eigenvalue weighted by atomic mass is 9.62. The molecule has 1 aromatic heterocycles. The Bertz CT molecular complexity index is 1730. The number of hydrogen-bond donors (Lipinski definition) is 1. The molecular weight excluding hydrogens is 624 g/mol. The van der Waals surface area contributed by atoms with Crippen LogP contribution in [-0.2, 0) is 25.8 Å². The Labute approximate surface area is 286 Å². The highest BCUT2D eigenvalue weighted by atomic mass is 16.5. The third kappa shape index (κ3) is 5.70. The smallest absolute Gasteiger partial charge is 0.250 e. The summed E-state index contributed by atoms with van der Waals surface area (Å²) >= 11 is 0. The highest BCUT2D eigenvalue weighted by Gasteiger charge is 2.80. The molecule has 6 rings (SSSR count). The topological polar surface area (TPSA) is 130 Å². The molecule has 6 atom stereocenters. The van der Waals surface area contributed by atoms with Gasteiger partial charge in [0.2, 0.25) is 17.7 Å². The fraction of sp³-hybridized carbons (Fsp3) is 0.486. The summed E-state index contributed by atoms with van der Waals surface area (Å²) in [4.78, 5) is 49.3. The number of rotatable bonds is 15. The van der Waals surface area contributed by atoms with E-state index in [9.17, 15) is 19.5 Å². The fourth-order valence-corrected chi connectivity index (χ4v) is 8.27. The number of nitrogens with zero attached hydrogens (tertiary/aromatic N) is 6. The molecule has 0 saturated carbocycles. The molecule has 3 unspecified atom stereocenters. The van der Waals surface area contributed by atoms with Gasteiger partial charge in [-0.2, -0.15) is 0 Å². The summed E-state index contributed by atoms with van der Waals surface area (Å²) < 4.78 is 14.3. The Morgan fingerprint density at radius 1 is 1.10 bits per heavy atom. The number of aliphatic hydroxyl groups excluding tert-OH is 1. The first-order chi connectivity index (χ1) is 23.6. The zero-order chi connectivity index (χ0) is 34.9. The summed E-state index contributed by atoms with van der Waals surface area (Å²) in [6, 6.07) is 13.8. The second-order valence-electron chi connectivity index (χ2n) is 13.4. The van der Waals surface area contributed by atoms with Crippen LogP contribution in [0, 0.1) is 17.8 Å². The van der Waals surface area contributed by atoms with E-state index < -0.39 is 29.1 Å². The number of hydrogen-bond acceptors (Lipinski definition) is 8. The van der Waals surface area contributed by atoms with Crippen molar-refractivity contribution in [3.8, 4) is 5.75 Å². The molecule has 1 spiro atoms. The predicted octanol–water partition coefficient (Wildman–Crippen LogP) is 3.80. The minimum Gasteiger partial charge on any atom is -0.494 e. The summed E-state index contributed by atoms with van der Waals surface area (Å²) in [5.41, 5.74) is -0.111. The van der Waals surface area contributed by atoms with Gasteiger partial charge in [0.15, 0.2) is 0 Å².